The third kappa shape index (κ3) is 5.07. The Kier molecular flexibility index (Phi) is 7.22. The molecule has 6 heteroatoms. The Morgan fingerprint density at radius 2 is 1.33 bits per heavy atom. The molecular formula is C51H34N4OS. The van der Waals surface area contributed by atoms with Gasteiger partial charge < -0.3 is 14.6 Å². The van der Waals surface area contributed by atoms with Gasteiger partial charge in [0, 0.05) is 59.2 Å². The molecule has 1 N–H and O–H groups in total. The lowest BCUT2D eigenvalue weighted by Gasteiger charge is -2.29. The minimum absolute atomic E-state index is 0.234. The predicted octanol–water partition coefficient (Wildman–Crippen LogP) is 12.8. The van der Waals surface area contributed by atoms with E-state index in [4.69, 9.17) is 14.4 Å². The number of nitrogens with zero attached hydrogens (tertiary/aromatic N) is 3. The minimum Gasteiger partial charge on any atom is -0.456 e. The SMILES string of the molecule is C1=CC2c3ccccc3N(c3cccc4sc5ccc(-c6cccc7oc8c(C9N=C(c%10ccccc%10)N=C(c%10ccccc%10)N9)cccc8c67)cc5c34)C2C=C1. The lowest BCUT2D eigenvalue weighted by atomic mass is 9.91. The van der Waals surface area contributed by atoms with Crippen molar-refractivity contribution in [3.8, 4) is 11.1 Å². The van der Waals surface area contributed by atoms with E-state index in [1.54, 1.807) is 0 Å². The Balaban J connectivity index is 1.01. The zero-order chi connectivity index (χ0) is 37.5. The van der Waals surface area contributed by atoms with Crippen LogP contribution in [0.5, 0.6) is 0 Å². The number of para-hydroxylation sites is 2. The molecule has 9 aromatic rings. The first kappa shape index (κ1) is 32.2. The highest BCUT2D eigenvalue weighted by atomic mass is 32.1. The first-order chi connectivity index (χ1) is 28.3. The highest BCUT2D eigenvalue weighted by Crippen LogP contribution is 2.51. The van der Waals surface area contributed by atoms with Crippen molar-refractivity contribution in [3.05, 3.63) is 204 Å². The second-order valence-electron chi connectivity index (χ2n) is 14.9. The third-order valence-electron chi connectivity index (χ3n) is 11.7. The summed E-state index contributed by atoms with van der Waals surface area (Å²) in [7, 11) is 0. The Bertz CT molecular complexity index is 3190. The number of nitrogens with one attached hydrogen (secondary N) is 1. The van der Waals surface area contributed by atoms with E-state index in [0.717, 1.165) is 55.6 Å². The molecule has 0 amide bonds. The molecule has 4 heterocycles. The maximum absolute atomic E-state index is 6.83. The second-order valence-corrected chi connectivity index (χ2v) is 16.0. The van der Waals surface area contributed by atoms with Gasteiger partial charge in [-0.1, -0.05) is 146 Å². The molecule has 0 fully saturated rings. The fourth-order valence-electron chi connectivity index (χ4n) is 9.14. The summed E-state index contributed by atoms with van der Waals surface area (Å²) in [5, 5.41) is 8.38. The van der Waals surface area contributed by atoms with Crippen LogP contribution in [0, 0.1) is 0 Å². The van der Waals surface area contributed by atoms with Crippen LogP contribution in [-0.4, -0.2) is 17.7 Å². The number of fused-ring (bicyclic) bond motifs is 9. The molecule has 57 heavy (non-hydrogen) atoms. The van der Waals surface area contributed by atoms with Crippen LogP contribution >= 0.6 is 11.3 Å². The molecule has 2 aliphatic heterocycles. The molecule has 2 aromatic heterocycles. The molecule has 0 saturated carbocycles. The van der Waals surface area contributed by atoms with Crippen molar-refractivity contribution < 1.29 is 4.42 Å². The first-order valence-corrected chi connectivity index (χ1v) is 20.3. The maximum Gasteiger partial charge on any atom is 0.159 e. The predicted molar refractivity (Wildman–Crippen MR) is 237 cm³/mol. The number of benzene rings is 7. The quantitative estimate of drug-likeness (QED) is 0.191. The van der Waals surface area contributed by atoms with Crippen LogP contribution in [0.15, 0.2) is 196 Å². The molecular weight excluding hydrogens is 717 g/mol. The van der Waals surface area contributed by atoms with Crippen molar-refractivity contribution in [2.24, 2.45) is 9.98 Å². The van der Waals surface area contributed by atoms with Gasteiger partial charge in [0.1, 0.15) is 17.0 Å². The van der Waals surface area contributed by atoms with Crippen LogP contribution in [0.2, 0.25) is 0 Å². The standard InChI is InChI=1S/C51H34N4OS/c1-3-14-31(15-4-1)49-52-50(32-16-5-2-6-17-32)54-51(53-49)38-22-11-21-37-46-34(20-12-26-43(46)56-48(37)38)33-28-29-44-39(30-33)47-42(25-13-27-45(47)57-44)55-40-23-9-7-18-35(40)36-19-8-10-24-41(36)55/h1-30,35,40,51H,(H,52,53,54). The lowest BCUT2D eigenvalue weighted by Crippen LogP contribution is -2.33. The number of hydrogen-bond donors (Lipinski definition) is 1. The summed E-state index contributed by atoms with van der Waals surface area (Å²) in [6, 6.07) is 56.1. The van der Waals surface area contributed by atoms with Crippen molar-refractivity contribution in [3.63, 3.8) is 0 Å². The minimum atomic E-state index is -0.405. The Labute approximate surface area is 333 Å². The topological polar surface area (TPSA) is 53.1 Å². The Hall–Kier alpha value is -7.02. The van der Waals surface area contributed by atoms with Gasteiger partial charge in [-0.05, 0) is 53.1 Å². The van der Waals surface area contributed by atoms with E-state index in [1.807, 2.05) is 47.7 Å². The number of amidine groups is 2. The van der Waals surface area contributed by atoms with Gasteiger partial charge in [-0.15, -0.1) is 11.3 Å². The molecule has 0 bridgehead atoms. The van der Waals surface area contributed by atoms with E-state index in [1.165, 1.54) is 37.1 Å². The van der Waals surface area contributed by atoms with Gasteiger partial charge in [-0.2, -0.15) is 0 Å². The Morgan fingerprint density at radius 3 is 2.23 bits per heavy atom. The van der Waals surface area contributed by atoms with Gasteiger partial charge >= 0.3 is 0 Å². The fourth-order valence-corrected chi connectivity index (χ4v) is 10.2. The summed E-state index contributed by atoms with van der Waals surface area (Å²) in [4.78, 5) is 12.7. The molecule has 270 valence electrons. The van der Waals surface area contributed by atoms with E-state index in [0.29, 0.717) is 11.8 Å². The summed E-state index contributed by atoms with van der Waals surface area (Å²) in [5.74, 6) is 1.80. The summed E-state index contributed by atoms with van der Waals surface area (Å²) in [5.41, 5.74) is 10.8. The number of thiophene rings is 1. The third-order valence-corrected chi connectivity index (χ3v) is 12.8. The van der Waals surface area contributed by atoms with Crippen molar-refractivity contribution in [1.82, 2.24) is 5.32 Å². The molecule has 12 rings (SSSR count). The summed E-state index contributed by atoms with van der Waals surface area (Å²) in [6.07, 6.45) is 8.68. The van der Waals surface area contributed by atoms with Gasteiger partial charge in [-0.3, -0.25) is 0 Å². The monoisotopic (exact) mass is 750 g/mol. The normalized spacial score (nSPS) is 18.5. The molecule has 0 radical (unpaired) electrons. The van der Waals surface area contributed by atoms with E-state index < -0.39 is 6.17 Å². The summed E-state index contributed by atoms with van der Waals surface area (Å²) in [6.45, 7) is 0. The van der Waals surface area contributed by atoms with Crippen LogP contribution < -0.4 is 10.2 Å². The zero-order valence-corrected chi connectivity index (χ0v) is 31.5. The van der Waals surface area contributed by atoms with E-state index in [2.05, 4.69) is 156 Å². The van der Waals surface area contributed by atoms with Gasteiger partial charge in [0.2, 0.25) is 0 Å². The van der Waals surface area contributed by atoms with Crippen molar-refractivity contribution >= 4 is 76.5 Å². The van der Waals surface area contributed by atoms with Crippen molar-refractivity contribution in [1.29, 1.82) is 0 Å². The molecule has 5 nitrogen and oxygen atoms in total. The molecule has 0 saturated heterocycles. The number of anilines is 2. The Morgan fingerprint density at radius 1 is 0.579 bits per heavy atom. The smallest absolute Gasteiger partial charge is 0.159 e. The van der Waals surface area contributed by atoms with Crippen LogP contribution in [0.1, 0.15) is 34.3 Å². The number of aliphatic imine (C=N–C) groups is 2. The molecule has 0 spiro atoms. The molecule has 7 aromatic carbocycles. The van der Waals surface area contributed by atoms with Crippen LogP contribution in [-0.2, 0) is 0 Å². The van der Waals surface area contributed by atoms with E-state index in [-0.39, 0.29) is 6.04 Å². The van der Waals surface area contributed by atoms with Crippen LogP contribution in [0.3, 0.4) is 0 Å². The first-order valence-electron chi connectivity index (χ1n) is 19.4. The fraction of sp³-hybridized carbons (Fsp3) is 0.0588. The van der Waals surface area contributed by atoms with Crippen molar-refractivity contribution in [2.45, 2.75) is 18.1 Å². The van der Waals surface area contributed by atoms with E-state index in [9.17, 15) is 0 Å². The highest BCUT2D eigenvalue weighted by molar-refractivity contribution is 7.26. The average Bonchev–Trinajstić information content (AvgIpc) is 3.96. The second kappa shape index (κ2) is 12.8. The summed E-state index contributed by atoms with van der Waals surface area (Å²) < 4.78 is 9.40. The van der Waals surface area contributed by atoms with Crippen LogP contribution in [0.25, 0.3) is 53.2 Å². The average molecular weight is 751 g/mol. The number of rotatable bonds is 5. The molecule has 3 atom stereocenters. The lowest BCUT2D eigenvalue weighted by molar-refractivity contribution is 0.628. The van der Waals surface area contributed by atoms with Gasteiger partial charge in [0.25, 0.3) is 0 Å². The molecule has 3 unspecified atom stereocenters. The zero-order valence-electron chi connectivity index (χ0n) is 30.7. The van der Waals surface area contributed by atoms with Gasteiger partial charge in [-0.25, -0.2) is 9.98 Å². The maximum atomic E-state index is 6.83. The van der Waals surface area contributed by atoms with Crippen molar-refractivity contribution in [2.75, 3.05) is 4.90 Å². The van der Waals surface area contributed by atoms with Gasteiger partial charge in [0.15, 0.2) is 12.0 Å². The number of furan rings is 1. The molecule has 1 aliphatic carbocycles. The van der Waals surface area contributed by atoms with E-state index >= 15 is 0 Å². The highest BCUT2D eigenvalue weighted by Gasteiger charge is 2.38. The summed E-state index contributed by atoms with van der Waals surface area (Å²) >= 11 is 1.87. The van der Waals surface area contributed by atoms with Gasteiger partial charge in [0.05, 0.1) is 11.7 Å². The number of hydrogen-bond acceptors (Lipinski definition) is 6. The molecule has 3 aliphatic rings. The van der Waals surface area contributed by atoms with Crippen LogP contribution in [0.4, 0.5) is 11.4 Å². The largest absolute Gasteiger partial charge is 0.456 e. The number of allylic oxidation sites excluding steroid dienone is 2.